The number of pyridine rings is 1. The number of rotatable bonds is 8. The summed E-state index contributed by atoms with van der Waals surface area (Å²) in [6, 6.07) is 7.75. The van der Waals surface area contributed by atoms with Gasteiger partial charge < -0.3 is 21.7 Å². The zero-order chi connectivity index (χ0) is 29.2. The van der Waals surface area contributed by atoms with Gasteiger partial charge >= 0.3 is 15.0 Å². The second kappa shape index (κ2) is 11.5. The van der Waals surface area contributed by atoms with Crippen molar-refractivity contribution in [1.29, 1.82) is 0 Å². The largest absolute Gasteiger partial charge is 0.618 e. The van der Waals surface area contributed by atoms with Crippen LogP contribution < -0.4 is 16.2 Å². The molecule has 3 aromatic rings. The number of fused-ring (bicyclic) bond motifs is 1. The van der Waals surface area contributed by atoms with Crippen molar-refractivity contribution in [1.82, 2.24) is 14.2 Å². The molecule has 0 bridgehead atoms. The van der Waals surface area contributed by atoms with Crippen molar-refractivity contribution < 1.29 is 32.3 Å². The number of hydrogen-bond acceptors (Lipinski definition) is 8. The summed E-state index contributed by atoms with van der Waals surface area (Å²) < 4.78 is 27.7. The first kappa shape index (κ1) is 28.9. The van der Waals surface area contributed by atoms with Gasteiger partial charge in [-0.25, -0.2) is 8.42 Å². The highest BCUT2D eigenvalue weighted by Gasteiger charge is 2.44. The molecule has 13 nitrogen and oxygen atoms in total. The molecule has 0 saturated carbocycles. The number of amides is 3. The zero-order valence-electron chi connectivity index (χ0n) is 21.6. The standard InChI is InChI=1S/C26H29N6O7S/c1-16-9-10-21(22(33)15-31(16)40(38,39)25-8-4-5-11-30(25)37)32(24(35)13-23(28)34)26(36)19(27)12-17-14-29-20-7-3-2-6-18(17)20/h2-8,11,13-14,16,19,21,29H,9-10,12,15,27H2,1H3,(H2,28,34)/t16-,19+,21+/m1/s1. The molecular formula is C26H29N6O7S. The number of hydrogen-bond donors (Lipinski definition) is 3. The first-order chi connectivity index (χ1) is 18.9. The molecule has 211 valence electrons. The van der Waals surface area contributed by atoms with Crippen LogP contribution in [0.5, 0.6) is 0 Å². The van der Waals surface area contributed by atoms with Crippen molar-refractivity contribution in [3.63, 3.8) is 0 Å². The number of carbonyl (C=O) groups excluding carboxylic acids is 4. The maximum Gasteiger partial charge on any atom is 0.323 e. The van der Waals surface area contributed by atoms with Crippen LogP contribution in [0.1, 0.15) is 25.3 Å². The number of ketones is 1. The highest BCUT2D eigenvalue weighted by Crippen LogP contribution is 2.26. The number of nitrogens with zero attached hydrogens (tertiary/aromatic N) is 3. The Balaban J connectivity index is 1.63. The molecule has 0 aliphatic carbocycles. The minimum absolute atomic E-state index is 0.0124. The number of benzene rings is 1. The van der Waals surface area contributed by atoms with Crippen molar-refractivity contribution in [3.8, 4) is 0 Å². The predicted octanol–water partition coefficient (Wildman–Crippen LogP) is -0.473. The quantitative estimate of drug-likeness (QED) is 0.183. The van der Waals surface area contributed by atoms with E-state index in [-0.39, 0.29) is 24.0 Å². The Bertz CT molecular complexity index is 1570. The molecule has 1 fully saturated rings. The molecular weight excluding hydrogens is 540 g/mol. The van der Waals surface area contributed by atoms with E-state index in [2.05, 4.69) is 4.98 Å². The van der Waals surface area contributed by atoms with E-state index in [1.54, 1.807) is 13.1 Å². The Morgan fingerprint density at radius 1 is 1.20 bits per heavy atom. The van der Waals surface area contributed by atoms with Gasteiger partial charge in [-0.2, -0.15) is 9.04 Å². The lowest BCUT2D eigenvalue weighted by molar-refractivity contribution is -0.646. The number of primary amides is 1. The van der Waals surface area contributed by atoms with Crippen LogP contribution in [0.25, 0.3) is 10.9 Å². The van der Waals surface area contributed by atoms with Gasteiger partial charge in [0.15, 0.2) is 12.0 Å². The summed E-state index contributed by atoms with van der Waals surface area (Å²) in [4.78, 5) is 55.3. The number of aromatic nitrogens is 2. The average Bonchev–Trinajstić information content (AvgIpc) is 3.24. The number of para-hydroxylation sites is 1. The molecule has 1 aromatic carbocycles. The Hall–Kier alpha value is -4.14. The summed E-state index contributed by atoms with van der Waals surface area (Å²) in [5.41, 5.74) is 12.9. The van der Waals surface area contributed by atoms with Gasteiger partial charge in [0.25, 0.3) is 0 Å². The first-order valence-electron chi connectivity index (χ1n) is 12.5. The average molecular weight is 570 g/mol. The summed E-state index contributed by atoms with van der Waals surface area (Å²) in [5.74, 6) is -3.96. The third-order valence-corrected chi connectivity index (χ3v) is 8.83. The molecule has 40 heavy (non-hydrogen) atoms. The predicted molar refractivity (Wildman–Crippen MR) is 142 cm³/mol. The molecule has 5 N–H and O–H groups in total. The van der Waals surface area contributed by atoms with E-state index in [4.69, 9.17) is 11.5 Å². The van der Waals surface area contributed by atoms with Crippen LogP contribution in [-0.4, -0.2) is 70.8 Å². The van der Waals surface area contributed by atoms with Crippen molar-refractivity contribution in [2.24, 2.45) is 11.5 Å². The third-order valence-electron chi connectivity index (χ3n) is 6.88. The molecule has 2 aromatic heterocycles. The van der Waals surface area contributed by atoms with Crippen LogP contribution in [0, 0.1) is 11.6 Å². The highest BCUT2D eigenvalue weighted by molar-refractivity contribution is 7.89. The fourth-order valence-corrected chi connectivity index (χ4v) is 6.51. The number of imide groups is 1. The summed E-state index contributed by atoms with van der Waals surface area (Å²) in [6.45, 7) is 0.839. The van der Waals surface area contributed by atoms with Crippen molar-refractivity contribution in [2.75, 3.05) is 6.54 Å². The Morgan fingerprint density at radius 3 is 2.60 bits per heavy atom. The second-order valence-corrected chi connectivity index (χ2v) is 11.4. The molecule has 14 heteroatoms. The smallest absolute Gasteiger partial charge is 0.323 e. The maximum atomic E-state index is 13.6. The van der Waals surface area contributed by atoms with Gasteiger partial charge in [-0.1, -0.05) is 18.2 Å². The maximum absolute atomic E-state index is 13.6. The fourth-order valence-electron chi connectivity index (χ4n) is 4.86. The lowest BCUT2D eigenvalue weighted by atomic mass is 10.00. The molecule has 0 unspecified atom stereocenters. The van der Waals surface area contributed by atoms with Gasteiger partial charge in [0, 0.05) is 35.3 Å². The minimum Gasteiger partial charge on any atom is -0.618 e. The topological polar surface area (TPSA) is 204 Å². The van der Waals surface area contributed by atoms with E-state index in [1.807, 2.05) is 24.3 Å². The minimum atomic E-state index is -4.41. The molecule has 1 aliphatic rings. The first-order valence-corrected chi connectivity index (χ1v) is 13.9. The lowest BCUT2D eigenvalue weighted by Gasteiger charge is -2.30. The van der Waals surface area contributed by atoms with E-state index in [0.29, 0.717) is 16.9 Å². The van der Waals surface area contributed by atoms with E-state index in [1.165, 1.54) is 12.1 Å². The van der Waals surface area contributed by atoms with Crippen molar-refractivity contribution >= 4 is 44.4 Å². The fraction of sp³-hybridized carbons (Fsp3) is 0.308. The number of nitrogens with two attached hydrogens (primary N) is 2. The van der Waals surface area contributed by atoms with Crippen LogP contribution in [0.3, 0.4) is 0 Å². The SMILES string of the molecule is C[C@@H]1CC[C@H](N(C(=O)[CH]C(N)=O)C(=O)[C@@H](N)Cc2c[nH]c3ccccc23)C(=O)CN1S(=O)(=O)c1cccc[n+]1[O-]. The van der Waals surface area contributed by atoms with Gasteiger partial charge in [-0.15, -0.1) is 0 Å². The van der Waals surface area contributed by atoms with Gasteiger partial charge in [-0.05, 0) is 43.9 Å². The molecule has 3 heterocycles. The number of nitrogens with one attached hydrogen (secondary N) is 1. The molecule has 3 amide bonds. The monoisotopic (exact) mass is 569 g/mol. The van der Waals surface area contributed by atoms with E-state index in [0.717, 1.165) is 27.5 Å². The normalized spacial score (nSPS) is 19.2. The van der Waals surface area contributed by atoms with Gasteiger partial charge in [-0.3, -0.25) is 24.1 Å². The summed E-state index contributed by atoms with van der Waals surface area (Å²) in [5, 5.41) is 12.4. The van der Waals surface area contributed by atoms with Gasteiger partial charge in [0.2, 0.25) is 17.7 Å². The molecule has 1 aliphatic heterocycles. The van der Waals surface area contributed by atoms with E-state index < -0.39 is 63.2 Å². The lowest BCUT2D eigenvalue weighted by Crippen LogP contribution is -2.56. The molecule has 1 radical (unpaired) electrons. The van der Waals surface area contributed by atoms with E-state index in [9.17, 15) is 32.8 Å². The van der Waals surface area contributed by atoms with Gasteiger partial charge in [0.1, 0.15) is 6.42 Å². The number of Topliss-reactive ketones (excluding diaryl/α,β-unsaturated/α-hetero) is 1. The van der Waals surface area contributed by atoms with Crippen LogP contribution in [0.4, 0.5) is 0 Å². The van der Waals surface area contributed by atoms with Crippen LogP contribution in [-0.2, 0) is 35.6 Å². The Morgan fingerprint density at radius 2 is 1.90 bits per heavy atom. The highest BCUT2D eigenvalue weighted by atomic mass is 32.2. The number of sulfonamides is 1. The summed E-state index contributed by atoms with van der Waals surface area (Å²) in [6.07, 6.45) is 3.17. The van der Waals surface area contributed by atoms with Crippen LogP contribution in [0.15, 0.2) is 59.9 Å². The molecule has 3 atom stereocenters. The number of H-pyrrole nitrogens is 1. The summed E-state index contributed by atoms with van der Waals surface area (Å²) >= 11 is 0. The van der Waals surface area contributed by atoms with Crippen LogP contribution >= 0.6 is 0 Å². The second-order valence-electron chi connectivity index (χ2n) is 9.59. The molecule has 4 rings (SSSR count). The summed E-state index contributed by atoms with van der Waals surface area (Å²) in [7, 11) is -4.41. The Kier molecular flexibility index (Phi) is 8.32. The number of carbonyl (C=O) groups is 4. The number of aromatic amines is 1. The Labute approximate surface area is 230 Å². The van der Waals surface area contributed by atoms with Crippen LogP contribution in [0.2, 0.25) is 0 Å². The molecule has 0 spiro atoms. The van der Waals surface area contributed by atoms with Crippen molar-refractivity contribution in [3.05, 3.63) is 72.0 Å². The third kappa shape index (κ3) is 5.73. The molecule has 1 saturated heterocycles. The zero-order valence-corrected chi connectivity index (χ0v) is 22.4. The van der Waals surface area contributed by atoms with Gasteiger partial charge in [0.05, 0.1) is 18.6 Å². The van der Waals surface area contributed by atoms with Crippen molar-refractivity contribution in [2.45, 2.75) is 49.3 Å². The van der Waals surface area contributed by atoms with E-state index >= 15 is 0 Å².